The van der Waals surface area contributed by atoms with Gasteiger partial charge in [0.15, 0.2) is 11.0 Å². The molecule has 1 N–H and O–H groups in total. The summed E-state index contributed by atoms with van der Waals surface area (Å²) >= 11 is 15.1. The van der Waals surface area contributed by atoms with Gasteiger partial charge < -0.3 is 9.88 Å². The minimum absolute atomic E-state index is 0.196. The van der Waals surface area contributed by atoms with E-state index in [4.69, 9.17) is 23.2 Å². The number of halogens is 2. The van der Waals surface area contributed by atoms with Crippen molar-refractivity contribution in [2.24, 2.45) is 0 Å². The fourth-order valence-corrected chi connectivity index (χ4v) is 5.43. The van der Waals surface area contributed by atoms with Gasteiger partial charge in [-0.2, -0.15) is 0 Å². The molecule has 1 amide bonds. The van der Waals surface area contributed by atoms with Gasteiger partial charge in [0, 0.05) is 22.3 Å². The summed E-state index contributed by atoms with van der Waals surface area (Å²) in [5.41, 5.74) is 1.40. The van der Waals surface area contributed by atoms with Crippen molar-refractivity contribution in [2.75, 3.05) is 5.32 Å². The smallest absolute Gasteiger partial charge is 0.242 e. The number of nitrogens with one attached hydrogen (secondary N) is 1. The molecule has 0 radical (unpaired) electrons. The number of rotatable bonds is 7. The third-order valence-corrected chi connectivity index (χ3v) is 7.01. The number of hydrogen-bond acceptors (Lipinski definition) is 5. The lowest BCUT2D eigenvalue weighted by Crippen LogP contribution is -2.19. The third kappa shape index (κ3) is 5.13. The molecule has 2 aromatic carbocycles. The van der Waals surface area contributed by atoms with E-state index in [9.17, 15) is 4.79 Å². The number of carbonyl (C=O) groups excluding carboxylic acids is 1. The van der Waals surface area contributed by atoms with Gasteiger partial charge in [-0.05, 0) is 42.1 Å². The maximum absolute atomic E-state index is 13.3. The number of thiophene rings is 1. The Bertz CT molecular complexity index is 1160. The van der Waals surface area contributed by atoms with Gasteiger partial charge in [0.25, 0.3) is 0 Å². The predicted molar refractivity (Wildman–Crippen MR) is 129 cm³/mol. The van der Waals surface area contributed by atoms with Gasteiger partial charge in [0.2, 0.25) is 5.91 Å². The highest BCUT2D eigenvalue weighted by molar-refractivity contribution is 8.00. The Balaban J connectivity index is 1.66. The maximum Gasteiger partial charge on any atom is 0.242 e. The second-order valence-electron chi connectivity index (χ2n) is 6.58. The molecular formula is C22H18Cl2N4OS2. The van der Waals surface area contributed by atoms with Crippen LogP contribution < -0.4 is 5.32 Å². The summed E-state index contributed by atoms with van der Waals surface area (Å²) in [6.45, 7) is 2.73. The molecule has 0 spiro atoms. The molecule has 0 aliphatic heterocycles. The molecule has 31 heavy (non-hydrogen) atoms. The average Bonchev–Trinajstić information content (AvgIpc) is 3.41. The monoisotopic (exact) mass is 488 g/mol. The lowest BCUT2D eigenvalue weighted by atomic mass is 10.1. The number of carbonyl (C=O) groups is 1. The van der Waals surface area contributed by atoms with Gasteiger partial charge in [-0.1, -0.05) is 71.4 Å². The Labute approximate surface area is 198 Å². The van der Waals surface area contributed by atoms with Gasteiger partial charge in [0.1, 0.15) is 5.25 Å². The van der Waals surface area contributed by atoms with Crippen molar-refractivity contribution < 1.29 is 4.79 Å². The third-order valence-electron chi connectivity index (χ3n) is 4.47. The minimum atomic E-state index is -0.537. The van der Waals surface area contributed by atoms with Crippen LogP contribution in [0.25, 0.3) is 10.7 Å². The second-order valence-corrected chi connectivity index (χ2v) is 9.48. The number of hydrogen-bond donors (Lipinski definition) is 1. The molecule has 0 aliphatic rings. The molecule has 0 saturated heterocycles. The molecular weight excluding hydrogens is 471 g/mol. The molecule has 0 fully saturated rings. The van der Waals surface area contributed by atoms with Crippen LogP contribution in [0.15, 0.2) is 71.2 Å². The van der Waals surface area contributed by atoms with E-state index in [0.717, 1.165) is 16.3 Å². The summed E-state index contributed by atoms with van der Waals surface area (Å²) in [5, 5.41) is 14.8. The zero-order valence-electron chi connectivity index (χ0n) is 16.5. The summed E-state index contributed by atoms with van der Waals surface area (Å²) in [6.07, 6.45) is 0. The first kappa shape index (κ1) is 21.9. The lowest BCUT2D eigenvalue weighted by Gasteiger charge is -2.17. The summed E-state index contributed by atoms with van der Waals surface area (Å²) < 4.78 is 2.02. The van der Waals surface area contributed by atoms with Crippen LogP contribution in [0, 0.1) is 0 Å². The molecule has 158 valence electrons. The van der Waals surface area contributed by atoms with Crippen LogP contribution in [0.5, 0.6) is 0 Å². The van der Waals surface area contributed by atoms with Crippen LogP contribution in [0.1, 0.15) is 17.7 Å². The first-order valence-corrected chi connectivity index (χ1v) is 12.0. The van der Waals surface area contributed by atoms with Crippen LogP contribution >= 0.6 is 46.3 Å². The quantitative estimate of drug-likeness (QED) is 0.290. The Morgan fingerprint density at radius 3 is 2.48 bits per heavy atom. The van der Waals surface area contributed by atoms with Crippen molar-refractivity contribution in [2.45, 2.75) is 23.9 Å². The molecule has 0 saturated carbocycles. The molecule has 9 heteroatoms. The highest BCUT2D eigenvalue weighted by Gasteiger charge is 2.26. The van der Waals surface area contributed by atoms with Crippen LogP contribution in [0.3, 0.4) is 0 Å². The van der Waals surface area contributed by atoms with E-state index in [0.29, 0.717) is 27.4 Å². The normalized spacial score (nSPS) is 12.0. The van der Waals surface area contributed by atoms with E-state index >= 15 is 0 Å². The number of thioether (sulfide) groups is 1. The molecule has 4 rings (SSSR count). The van der Waals surface area contributed by atoms with Crippen LogP contribution in [-0.2, 0) is 11.3 Å². The zero-order valence-corrected chi connectivity index (χ0v) is 19.6. The van der Waals surface area contributed by atoms with Crippen LogP contribution in [0.4, 0.5) is 5.69 Å². The average molecular weight is 489 g/mol. The highest BCUT2D eigenvalue weighted by Crippen LogP contribution is 2.37. The number of benzene rings is 2. The van der Waals surface area contributed by atoms with Crippen LogP contribution in [0.2, 0.25) is 10.0 Å². The molecule has 2 heterocycles. The number of amides is 1. The molecule has 4 aromatic rings. The van der Waals surface area contributed by atoms with Gasteiger partial charge >= 0.3 is 0 Å². The lowest BCUT2D eigenvalue weighted by molar-refractivity contribution is -0.115. The topological polar surface area (TPSA) is 59.8 Å². The Morgan fingerprint density at radius 2 is 1.84 bits per heavy atom. The van der Waals surface area contributed by atoms with Gasteiger partial charge in [0.05, 0.1) is 4.88 Å². The van der Waals surface area contributed by atoms with E-state index in [1.807, 2.05) is 59.3 Å². The van der Waals surface area contributed by atoms with E-state index < -0.39 is 5.25 Å². The van der Waals surface area contributed by atoms with Gasteiger partial charge in [-0.15, -0.1) is 21.5 Å². The number of anilines is 1. The van der Waals surface area contributed by atoms with E-state index in [1.165, 1.54) is 11.8 Å². The Kier molecular flexibility index (Phi) is 6.97. The first-order chi connectivity index (χ1) is 15.0. The molecule has 1 atom stereocenters. The summed E-state index contributed by atoms with van der Waals surface area (Å²) in [5.74, 6) is 0.603. The largest absolute Gasteiger partial charge is 0.325 e. The van der Waals surface area contributed by atoms with Crippen molar-refractivity contribution in [3.63, 3.8) is 0 Å². The SMILES string of the molecule is CCn1c(S[C@@H](C(=O)Nc2cc(Cl)cc(Cl)c2)c2ccccc2)nnc1-c1cccs1. The summed E-state index contributed by atoms with van der Waals surface area (Å²) in [4.78, 5) is 14.3. The predicted octanol–water partition coefficient (Wildman–Crippen LogP) is 6.81. The van der Waals surface area contributed by atoms with Crippen molar-refractivity contribution in [1.29, 1.82) is 0 Å². The Hall–Kier alpha value is -2.32. The summed E-state index contributed by atoms with van der Waals surface area (Å²) in [7, 11) is 0. The van der Waals surface area contributed by atoms with Crippen molar-refractivity contribution in [3.05, 3.63) is 81.7 Å². The molecule has 5 nitrogen and oxygen atoms in total. The van der Waals surface area contributed by atoms with Gasteiger partial charge in [-0.3, -0.25) is 4.79 Å². The molecule has 0 unspecified atom stereocenters. The molecule has 0 bridgehead atoms. The first-order valence-electron chi connectivity index (χ1n) is 9.50. The number of nitrogens with zero attached hydrogens (tertiary/aromatic N) is 3. The van der Waals surface area contributed by atoms with E-state index in [-0.39, 0.29) is 5.91 Å². The maximum atomic E-state index is 13.3. The highest BCUT2D eigenvalue weighted by atomic mass is 35.5. The second kappa shape index (κ2) is 9.87. The summed E-state index contributed by atoms with van der Waals surface area (Å²) in [6, 6.07) is 18.5. The van der Waals surface area contributed by atoms with E-state index in [1.54, 1.807) is 29.5 Å². The standard InChI is InChI=1S/C22H18Cl2N4OS2/c1-2-28-20(18-9-6-10-30-18)26-27-22(28)31-19(14-7-4-3-5-8-14)21(29)25-17-12-15(23)11-16(24)13-17/h3-13,19H,2H2,1H3,(H,25,29)/t19-/m1/s1. The molecule has 2 aromatic heterocycles. The van der Waals surface area contributed by atoms with Crippen molar-refractivity contribution in [1.82, 2.24) is 14.8 Å². The fourth-order valence-electron chi connectivity index (χ4n) is 3.09. The van der Waals surface area contributed by atoms with Crippen molar-refractivity contribution >= 4 is 57.9 Å². The molecule has 0 aliphatic carbocycles. The zero-order chi connectivity index (χ0) is 21.8. The van der Waals surface area contributed by atoms with Crippen molar-refractivity contribution in [3.8, 4) is 10.7 Å². The minimum Gasteiger partial charge on any atom is -0.325 e. The Morgan fingerprint density at radius 1 is 1.10 bits per heavy atom. The number of aromatic nitrogens is 3. The van der Waals surface area contributed by atoms with Gasteiger partial charge in [-0.25, -0.2) is 0 Å². The van der Waals surface area contributed by atoms with Crippen LogP contribution in [-0.4, -0.2) is 20.7 Å². The fraction of sp³-hybridized carbons (Fsp3) is 0.136. The van der Waals surface area contributed by atoms with E-state index in [2.05, 4.69) is 15.5 Å².